The second-order valence-electron chi connectivity index (χ2n) is 5.51. The monoisotopic (exact) mass is 309 g/mol. The van der Waals surface area contributed by atoms with Crippen molar-refractivity contribution in [2.24, 2.45) is 0 Å². The number of likely N-dealkylation sites (N-methyl/N-ethyl adjacent to an activating group) is 1. The van der Waals surface area contributed by atoms with Crippen LogP contribution in [0.15, 0.2) is 48.5 Å². The number of aromatic nitrogens is 2. The predicted octanol–water partition coefficient (Wildman–Crippen LogP) is 3.02. The van der Waals surface area contributed by atoms with Gasteiger partial charge in [0, 0.05) is 12.4 Å². The molecule has 1 amide bonds. The minimum Gasteiger partial charge on any atom is -0.492 e. The number of aromatic amines is 1. The molecule has 0 aliphatic rings. The summed E-state index contributed by atoms with van der Waals surface area (Å²) in [5.74, 6) is 0.700. The molecule has 0 saturated carbocycles. The molecular formula is C18H19N3O2. The molecule has 23 heavy (non-hydrogen) atoms. The van der Waals surface area contributed by atoms with Gasteiger partial charge in [-0.2, -0.15) is 5.10 Å². The molecule has 0 fully saturated rings. The van der Waals surface area contributed by atoms with Gasteiger partial charge in [0.2, 0.25) is 0 Å². The third-order valence-corrected chi connectivity index (χ3v) is 3.70. The largest absolute Gasteiger partial charge is 0.492 e. The van der Waals surface area contributed by atoms with Crippen molar-refractivity contribution in [2.45, 2.75) is 6.92 Å². The van der Waals surface area contributed by atoms with Crippen LogP contribution in [0.25, 0.3) is 10.9 Å². The quantitative estimate of drug-likeness (QED) is 0.788. The lowest BCUT2D eigenvalue weighted by Crippen LogP contribution is -2.31. The van der Waals surface area contributed by atoms with Gasteiger partial charge in [0.1, 0.15) is 12.4 Å². The third kappa shape index (κ3) is 3.34. The molecule has 2 aromatic carbocycles. The van der Waals surface area contributed by atoms with Crippen molar-refractivity contribution in [2.75, 3.05) is 20.2 Å². The van der Waals surface area contributed by atoms with Crippen LogP contribution in [-0.4, -0.2) is 41.2 Å². The maximum absolute atomic E-state index is 12.5. The summed E-state index contributed by atoms with van der Waals surface area (Å²) in [6, 6.07) is 15.5. The van der Waals surface area contributed by atoms with E-state index in [-0.39, 0.29) is 5.91 Å². The number of carbonyl (C=O) groups is 1. The number of nitrogens with zero attached hydrogens (tertiary/aromatic N) is 2. The van der Waals surface area contributed by atoms with Gasteiger partial charge >= 0.3 is 0 Å². The van der Waals surface area contributed by atoms with Gasteiger partial charge in [-0.25, -0.2) is 0 Å². The smallest absolute Gasteiger partial charge is 0.274 e. The highest BCUT2D eigenvalue weighted by Gasteiger charge is 2.17. The van der Waals surface area contributed by atoms with E-state index < -0.39 is 0 Å². The van der Waals surface area contributed by atoms with Gasteiger partial charge in [0.15, 0.2) is 5.69 Å². The zero-order valence-electron chi connectivity index (χ0n) is 13.2. The summed E-state index contributed by atoms with van der Waals surface area (Å²) in [5.41, 5.74) is 2.45. The van der Waals surface area contributed by atoms with E-state index in [1.54, 1.807) is 11.9 Å². The van der Waals surface area contributed by atoms with Crippen molar-refractivity contribution in [1.82, 2.24) is 15.1 Å². The topological polar surface area (TPSA) is 58.2 Å². The number of rotatable bonds is 5. The molecule has 5 heteroatoms. The van der Waals surface area contributed by atoms with Crippen LogP contribution in [0, 0.1) is 6.92 Å². The normalized spacial score (nSPS) is 10.7. The number of ether oxygens (including phenoxy) is 1. The molecule has 1 aromatic heterocycles. The molecule has 0 aliphatic carbocycles. The second-order valence-corrected chi connectivity index (χ2v) is 5.51. The maximum Gasteiger partial charge on any atom is 0.274 e. The first-order chi connectivity index (χ1) is 11.1. The van der Waals surface area contributed by atoms with Crippen molar-refractivity contribution in [3.63, 3.8) is 0 Å². The third-order valence-electron chi connectivity index (χ3n) is 3.70. The first-order valence-electron chi connectivity index (χ1n) is 7.53. The SMILES string of the molecule is Cc1cccc(OCCN(C)C(=O)c2n[nH]c3ccccc23)c1. The van der Waals surface area contributed by atoms with Crippen LogP contribution >= 0.6 is 0 Å². The summed E-state index contributed by atoms with van der Waals surface area (Å²) < 4.78 is 5.69. The van der Waals surface area contributed by atoms with Crippen LogP contribution in [-0.2, 0) is 0 Å². The van der Waals surface area contributed by atoms with E-state index in [1.165, 1.54) is 0 Å². The van der Waals surface area contributed by atoms with Gasteiger partial charge in [0.25, 0.3) is 5.91 Å². The molecule has 1 heterocycles. The molecule has 0 bridgehead atoms. The lowest BCUT2D eigenvalue weighted by Gasteiger charge is -2.16. The van der Waals surface area contributed by atoms with Crippen molar-refractivity contribution in [1.29, 1.82) is 0 Å². The Morgan fingerprint density at radius 3 is 2.87 bits per heavy atom. The fourth-order valence-electron chi connectivity index (χ4n) is 2.41. The molecule has 1 N–H and O–H groups in total. The van der Waals surface area contributed by atoms with Gasteiger partial charge in [0.05, 0.1) is 12.1 Å². The predicted molar refractivity (Wildman–Crippen MR) is 89.7 cm³/mol. The lowest BCUT2D eigenvalue weighted by molar-refractivity contribution is 0.0770. The number of nitrogens with one attached hydrogen (secondary N) is 1. The molecule has 0 spiro atoms. The average molecular weight is 309 g/mol. The molecule has 118 valence electrons. The van der Waals surface area contributed by atoms with E-state index in [0.717, 1.165) is 22.2 Å². The van der Waals surface area contributed by atoms with Crippen molar-refractivity contribution in [3.05, 3.63) is 59.8 Å². The number of amides is 1. The molecular weight excluding hydrogens is 290 g/mol. The van der Waals surface area contributed by atoms with Gasteiger partial charge < -0.3 is 9.64 Å². The van der Waals surface area contributed by atoms with Crippen LogP contribution in [0.2, 0.25) is 0 Å². The highest BCUT2D eigenvalue weighted by molar-refractivity contribution is 6.04. The highest BCUT2D eigenvalue weighted by Crippen LogP contribution is 2.16. The Morgan fingerprint density at radius 1 is 1.22 bits per heavy atom. The van der Waals surface area contributed by atoms with E-state index in [0.29, 0.717) is 18.8 Å². The Labute approximate surface area is 134 Å². The molecule has 3 aromatic rings. The van der Waals surface area contributed by atoms with Crippen molar-refractivity contribution < 1.29 is 9.53 Å². The summed E-state index contributed by atoms with van der Waals surface area (Å²) in [6.07, 6.45) is 0. The molecule has 3 rings (SSSR count). The van der Waals surface area contributed by atoms with E-state index in [9.17, 15) is 4.79 Å². The first kappa shape index (κ1) is 15.1. The molecule has 0 unspecified atom stereocenters. The number of fused-ring (bicyclic) bond motifs is 1. The van der Waals surface area contributed by atoms with Gasteiger partial charge in [-0.05, 0) is 30.7 Å². The van der Waals surface area contributed by atoms with E-state index in [1.807, 2.05) is 55.5 Å². The number of aryl methyl sites for hydroxylation is 1. The minimum atomic E-state index is -0.115. The average Bonchev–Trinajstić information content (AvgIpc) is 2.98. The Balaban J connectivity index is 1.61. The molecule has 5 nitrogen and oxygen atoms in total. The number of carbonyl (C=O) groups excluding carboxylic acids is 1. The second kappa shape index (κ2) is 6.52. The summed E-state index contributed by atoms with van der Waals surface area (Å²) in [5, 5.41) is 7.86. The van der Waals surface area contributed by atoms with Crippen molar-refractivity contribution >= 4 is 16.8 Å². The van der Waals surface area contributed by atoms with Crippen LogP contribution in [0.3, 0.4) is 0 Å². The van der Waals surface area contributed by atoms with Crippen LogP contribution in [0.5, 0.6) is 5.75 Å². The summed E-state index contributed by atoms with van der Waals surface area (Å²) >= 11 is 0. The van der Waals surface area contributed by atoms with Gasteiger partial charge in [-0.15, -0.1) is 0 Å². The number of hydrogen-bond acceptors (Lipinski definition) is 3. The fraction of sp³-hybridized carbons (Fsp3) is 0.222. The van der Waals surface area contributed by atoms with Crippen molar-refractivity contribution in [3.8, 4) is 5.75 Å². The molecule has 0 aliphatic heterocycles. The Kier molecular flexibility index (Phi) is 4.28. The number of hydrogen-bond donors (Lipinski definition) is 1. The summed E-state index contributed by atoms with van der Waals surface area (Å²) in [6.45, 7) is 2.95. The van der Waals surface area contributed by atoms with E-state index >= 15 is 0 Å². The zero-order chi connectivity index (χ0) is 16.2. The molecule has 0 atom stereocenters. The van der Waals surface area contributed by atoms with Crippen LogP contribution < -0.4 is 4.74 Å². The number of benzene rings is 2. The number of para-hydroxylation sites is 1. The summed E-state index contributed by atoms with van der Waals surface area (Å²) in [4.78, 5) is 14.1. The molecule has 0 radical (unpaired) electrons. The maximum atomic E-state index is 12.5. The van der Waals surface area contributed by atoms with Crippen LogP contribution in [0.4, 0.5) is 0 Å². The standard InChI is InChI=1S/C18H19N3O2/c1-13-6-5-7-14(12-13)23-11-10-21(2)18(22)17-15-8-3-4-9-16(15)19-20-17/h3-9,12H,10-11H2,1-2H3,(H,19,20). The Hall–Kier alpha value is -2.82. The fourth-order valence-corrected chi connectivity index (χ4v) is 2.41. The lowest BCUT2D eigenvalue weighted by atomic mass is 10.2. The van der Waals surface area contributed by atoms with Gasteiger partial charge in [-0.3, -0.25) is 9.89 Å². The van der Waals surface area contributed by atoms with E-state index in [4.69, 9.17) is 4.74 Å². The van der Waals surface area contributed by atoms with E-state index in [2.05, 4.69) is 10.2 Å². The highest BCUT2D eigenvalue weighted by atomic mass is 16.5. The number of H-pyrrole nitrogens is 1. The Bertz CT molecular complexity index is 826. The van der Waals surface area contributed by atoms with Crippen LogP contribution in [0.1, 0.15) is 16.1 Å². The minimum absolute atomic E-state index is 0.115. The first-order valence-corrected chi connectivity index (χ1v) is 7.53. The molecule has 0 saturated heterocycles. The van der Waals surface area contributed by atoms with Gasteiger partial charge in [-0.1, -0.05) is 30.3 Å². The Morgan fingerprint density at radius 2 is 2.04 bits per heavy atom. The summed E-state index contributed by atoms with van der Waals surface area (Å²) in [7, 11) is 1.76. The zero-order valence-corrected chi connectivity index (χ0v) is 13.2.